The monoisotopic (exact) mass is 429 g/mol. The number of amides is 2. The highest BCUT2D eigenvalue weighted by atomic mass is 32.2. The molecule has 7 nitrogen and oxygen atoms in total. The van der Waals surface area contributed by atoms with Gasteiger partial charge < -0.3 is 10.6 Å². The Morgan fingerprint density at radius 3 is 1.74 bits per heavy atom. The lowest BCUT2D eigenvalue weighted by Gasteiger charge is -2.10. The van der Waals surface area contributed by atoms with Crippen molar-refractivity contribution in [3.63, 3.8) is 0 Å². The van der Waals surface area contributed by atoms with E-state index in [2.05, 4.69) is 20.9 Å². The molecule has 0 saturated heterocycles. The van der Waals surface area contributed by atoms with Gasteiger partial charge >= 0.3 is 0 Å². The van der Waals surface area contributed by atoms with Crippen molar-refractivity contribution in [2.45, 2.75) is 0 Å². The van der Waals surface area contributed by atoms with Crippen molar-refractivity contribution >= 4 is 45.8 Å². The fourth-order valence-electron chi connectivity index (χ4n) is 2.68. The van der Waals surface area contributed by atoms with Crippen LogP contribution in [0.15, 0.2) is 83.9 Å². The van der Waals surface area contributed by atoms with Crippen molar-refractivity contribution in [3.8, 4) is 6.19 Å². The van der Waals surface area contributed by atoms with E-state index in [9.17, 15) is 9.59 Å². The Labute approximate surface area is 184 Å². The number of carbonyl (C=O) groups excluding carboxylic acids is 2. The summed E-state index contributed by atoms with van der Waals surface area (Å²) in [7, 11) is 0. The number of rotatable bonds is 5. The van der Waals surface area contributed by atoms with Crippen molar-refractivity contribution in [1.82, 2.24) is 5.32 Å². The van der Waals surface area contributed by atoms with E-state index in [-0.39, 0.29) is 22.9 Å². The van der Waals surface area contributed by atoms with Crippen LogP contribution in [0.3, 0.4) is 0 Å². The topological polar surface area (TPSA) is 106 Å². The SMILES string of the molecule is CSC(=Nc1cc(C(=O)Nc2ccccc2)cc(C(=O)Nc2ccccc2)c1)NC#N. The lowest BCUT2D eigenvalue weighted by Crippen LogP contribution is -2.16. The highest BCUT2D eigenvalue weighted by molar-refractivity contribution is 8.13. The van der Waals surface area contributed by atoms with Gasteiger partial charge in [0.1, 0.15) is 0 Å². The molecule has 0 unspecified atom stereocenters. The number of hydrogen-bond donors (Lipinski definition) is 3. The van der Waals surface area contributed by atoms with Crippen LogP contribution < -0.4 is 16.0 Å². The number of benzene rings is 3. The zero-order valence-electron chi connectivity index (χ0n) is 16.6. The van der Waals surface area contributed by atoms with Crippen LogP contribution in [0.4, 0.5) is 17.1 Å². The van der Waals surface area contributed by atoms with Gasteiger partial charge in [-0.2, -0.15) is 5.26 Å². The molecule has 0 bridgehead atoms. The van der Waals surface area contributed by atoms with Gasteiger partial charge in [-0.3, -0.25) is 14.9 Å². The van der Waals surface area contributed by atoms with E-state index in [1.165, 1.54) is 17.8 Å². The van der Waals surface area contributed by atoms with E-state index in [4.69, 9.17) is 5.26 Å². The summed E-state index contributed by atoms with van der Waals surface area (Å²) in [5, 5.41) is 17.3. The summed E-state index contributed by atoms with van der Waals surface area (Å²) in [5.74, 6) is -0.757. The Morgan fingerprint density at radius 2 is 1.32 bits per heavy atom. The normalized spacial score (nSPS) is 10.6. The molecule has 0 aliphatic heterocycles. The average Bonchev–Trinajstić information content (AvgIpc) is 2.80. The van der Waals surface area contributed by atoms with Crippen LogP contribution in [0.1, 0.15) is 20.7 Å². The molecule has 0 atom stereocenters. The Morgan fingerprint density at radius 1 is 0.839 bits per heavy atom. The molecule has 0 aliphatic rings. The lowest BCUT2D eigenvalue weighted by molar-refractivity contribution is 0.102. The molecule has 0 aliphatic carbocycles. The molecule has 31 heavy (non-hydrogen) atoms. The number of hydrogen-bond acceptors (Lipinski definition) is 5. The Bertz CT molecular complexity index is 1070. The molecular formula is C23H19N5O2S. The molecule has 2 amide bonds. The fourth-order valence-corrected chi connectivity index (χ4v) is 3.02. The summed E-state index contributed by atoms with van der Waals surface area (Å²) < 4.78 is 0. The molecule has 154 valence electrons. The van der Waals surface area contributed by atoms with Crippen LogP contribution in [0, 0.1) is 11.5 Å². The van der Waals surface area contributed by atoms with Crippen molar-refractivity contribution in [2.75, 3.05) is 16.9 Å². The lowest BCUT2D eigenvalue weighted by atomic mass is 10.1. The van der Waals surface area contributed by atoms with Crippen LogP contribution >= 0.6 is 11.8 Å². The molecule has 8 heteroatoms. The highest BCUT2D eigenvalue weighted by Gasteiger charge is 2.14. The molecule has 3 aromatic rings. The first-order chi connectivity index (χ1) is 15.1. The summed E-state index contributed by atoms with van der Waals surface area (Å²) in [5.41, 5.74) is 2.16. The summed E-state index contributed by atoms with van der Waals surface area (Å²) in [6.45, 7) is 0. The maximum Gasteiger partial charge on any atom is 0.255 e. The molecule has 0 saturated carbocycles. The van der Waals surface area contributed by atoms with E-state index in [1.54, 1.807) is 42.7 Å². The quantitative estimate of drug-likeness (QED) is 0.238. The van der Waals surface area contributed by atoms with Crippen LogP contribution in [0.5, 0.6) is 0 Å². The maximum atomic E-state index is 12.8. The van der Waals surface area contributed by atoms with E-state index in [0.717, 1.165) is 0 Å². The number of amidine groups is 1. The third-order valence-corrected chi connectivity index (χ3v) is 4.67. The van der Waals surface area contributed by atoms with Gasteiger partial charge in [0, 0.05) is 22.5 Å². The molecule has 0 fully saturated rings. The van der Waals surface area contributed by atoms with E-state index in [1.807, 2.05) is 42.6 Å². The second-order valence-corrected chi connectivity index (χ2v) is 7.06. The number of para-hydroxylation sites is 2. The summed E-state index contributed by atoms with van der Waals surface area (Å²) in [4.78, 5) is 30.0. The van der Waals surface area contributed by atoms with Crippen LogP contribution in [0.2, 0.25) is 0 Å². The van der Waals surface area contributed by atoms with Gasteiger partial charge in [0.15, 0.2) is 11.4 Å². The summed E-state index contributed by atoms with van der Waals surface area (Å²) >= 11 is 1.24. The second-order valence-electron chi connectivity index (χ2n) is 6.27. The number of thioether (sulfide) groups is 1. The molecule has 3 N–H and O–H groups in total. The van der Waals surface area contributed by atoms with Crippen LogP contribution in [-0.2, 0) is 0 Å². The first kappa shape index (κ1) is 21.6. The van der Waals surface area contributed by atoms with E-state index < -0.39 is 0 Å². The van der Waals surface area contributed by atoms with Gasteiger partial charge in [-0.15, -0.1) is 0 Å². The Kier molecular flexibility index (Phi) is 7.40. The molecule has 0 spiro atoms. The number of aliphatic imine (C=N–C) groups is 1. The van der Waals surface area contributed by atoms with Crippen molar-refractivity contribution in [2.24, 2.45) is 4.99 Å². The fraction of sp³-hybridized carbons (Fsp3) is 0.0435. The second kappa shape index (κ2) is 10.6. The standard InChI is InChI=1S/C23H19N5O2S/c1-31-23(25-15-24)28-20-13-16(21(29)26-18-8-4-2-5-9-18)12-17(14-20)22(30)27-19-10-6-3-7-11-19/h2-14H,1H3,(H,25,28)(H,26,29)(H,27,30). The number of carbonyl (C=O) groups is 2. The largest absolute Gasteiger partial charge is 0.322 e. The number of nitrogens with zero attached hydrogens (tertiary/aromatic N) is 2. The van der Waals surface area contributed by atoms with Gasteiger partial charge in [0.25, 0.3) is 11.8 Å². The molecule has 0 aromatic heterocycles. The van der Waals surface area contributed by atoms with Crippen molar-refractivity contribution in [1.29, 1.82) is 5.26 Å². The van der Waals surface area contributed by atoms with Crippen molar-refractivity contribution < 1.29 is 9.59 Å². The molecule has 3 rings (SSSR count). The minimum atomic E-state index is -0.379. The predicted molar refractivity (Wildman–Crippen MR) is 125 cm³/mol. The molecule has 0 heterocycles. The number of nitrogens with one attached hydrogen (secondary N) is 3. The van der Waals surface area contributed by atoms with Gasteiger partial charge in [0.05, 0.1) is 5.69 Å². The van der Waals surface area contributed by atoms with Gasteiger partial charge in [0.2, 0.25) is 0 Å². The smallest absolute Gasteiger partial charge is 0.255 e. The first-order valence-corrected chi connectivity index (χ1v) is 10.5. The molecule has 0 radical (unpaired) electrons. The zero-order chi connectivity index (χ0) is 22.1. The maximum absolute atomic E-state index is 12.8. The Hall–Kier alpha value is -4.09. The zero-order valence-corrected chi connectivity index (χ0v) is 17.4. The van der Waals surface area contributed by atoms with Gasteiger partial charge in [-0.1, -0.05) is 48.2 Å². The number of nitriles is 1. The van der Waals surface area contributed by atoms with E-state index >= 15 is 0 Å². The van der Waals surface area contributed by atoms with Crippen LogP contribution in [0.25, 0.3) is 0 Å². The molecular weight excluding hydrogens is 410 g/mol. The third-order valence-electron chi connectivity index (χ3n) is 4.09. The summed E-state index contributed by atoms with van der Waals surface area (Å²) in [6, 6.07) is 22.7. The van der Waals surface area contributed by atoms with Crippen molar-refractivity contribution in [3.05, 3.63) is 90.0 Å². The number of anilines is 2. The molecule has 3 aromatic carbocycles. The summed E-state index contributed by atoms with van der Waals surface area (Å²) in [6.07, 6.45) is 3.58. The van der Waals surface area contributed by atoms with E-state index in [0.29, 0.717) is 22.2 Å². The minimum Gasteiger partial charge on any atom is -0.322 e. The Balaban J connectivity index is 1.96. The predicted octanol–water partition coefficient (Wildman–Crippen LogP) is 4.61. The average molecular weight is 430 g/mol. The third kappa shape index (κ3) is 6.19. The van der Waals surface area contributed by atoms with Gasteiger partial charge in [-0.25, -0.2) is 4.99 Å². The first-order valence-electron chi connectivity index (χ1n) is 9.24. The van der Waals surface area contributed by atoms with Crippen LogP contribution in [-0.4, -0.2) is 23.2 Å². The highest BCUT2D eigenvalue weighted by Crippen LogP contribution is 2.22. The minimum absolute atomic E-state index is 0.265. The van der Waals surface area contributed by atoms with Gasteiger partial charge in [-0.05, 0) is 48.7 Å².